The summed E-state index contributed by atoms with van der Waals surface area (Å²) < 4.78 is 34.5. The van der Waals surface area contributed by atoms with Crippen molar-refractivity contribution in [2.45, 2.75) is 26.8 Å². The summed E-state index contributed by atoms with van der Waals surface area (Å²) in [7, 11) is 0. The smallest absolute Gasteiger partial charge is 0.393 e. The number of benzene rings is 1. The van der Waals surface area contributed by atoms with Crippen molar-refractivity contribution in [3.05, 3.63) is 64.8 Å². The minimum absolute atomic E-state index is 0.0432. The average molecular weight is 391 g/mol. The van der Waals surface area contributed by atoms with Gasteiger partial charge in [-0.05, 0) is 24.0 Å². The molecule has 1 aromatic carbocycles. The second kappa shape index (κ2) is 8.30. The molecule has 0 saturated heterocycles. The standard InChI is InChI=1S/C19H19F2N3O2S/c1-12(2)8-13-9-16(26-19(25)23-18-22-6-7-27-18)24(10-13)11-14-4-3-5-15(20)17(14)21/h3-7,9-10,12H,8,11H2,1-2H3,(H,22,23,25). The third-order valence-electron chi connectivity index (χ3n) is 3.77. The van der Waals surface area contributed by atoms with Crippen LogP contribution in [-0.2, 0) is 13.0 Å². The zero-order chi connectivity index (χ0) is 19.4. The number of aromatic nitrogens is 2. The van der Waals surface area contributed by atoms with Crippen molar-refractivity contribution in [1.82, 2.24) is 9.55 Å². The van der Waals surface area contributed by atoms with Gasteiger partial charge in [0.25, 0.3) is 0 Å². The van der Waals surface area contributed by atoms with Crippen LogP contribution in [0.25, 0.3) is 0 Å². The predicted octanol–water partition coefficient (Wildman–Crippen LogP) is 5.08. The van der Waals surface area contributed by atoms with Gasteiger partial charge in [-0.15, -0.1) is 11.3 Å². The Kier molecular flexibility index (Phi) is 5.85. The summed E-state index contributed by atoms with van der Waals surface area (Å²) in [6, 6.07) is 5.75. The van der Waals surface area contributed by atoms with Gasteiger partial charge in [-0.3, -0.25) is 5.32 Å². The van der Waals surface area contributed by atoms with Crippen LogP contribution < -0.4 is 10.1 Å². The summed E-state index contributed by atoms with van der Waals surface area (Å²) in [5, 5.41) is 4.67. The van der Waals surface area contributed by atoms with Crippen molar-refractivity contribution in [3.63, 3.8) is 0 Å². The van der Waals surface area contributed by atoms with E-state index in [4.69, 9.17) is 4.74 Å². The number of carbonyl (C=O) groups is 1. The number of carbonyl (C=O) groups excluding carboxylic acids is 1. The first-order chi connectivity index (χ1) is 12.9. The molecule has 0 aliphatic carbocycles. The predicted molar refractivity (Wildman–Crippen MR) is 100 cm³/mol. The van der Waals surface area contributed by atoms with E-state index in [9.17, 15) is 13.6 Å². The molecule has 0 saturated carbocycles. The molecular formula is C19H19F2N3O2S. The lowest BCUT2D eigenvalue weighted by Crippen LogP contribution is -2.18. The number of thiazole rings is 1. The fraction of sp³-hybridized carbons (Fsp3) is 0.263. The number of rotatable bonds is 6. The summed E-state index contributed by atoms with van der Waals surface area (Å²) in [6.07, 6.45) is 3.43. The zero-order valence-corrected chi connectivity index (χ0v) is 15.7. The van der Waals surface area contributed by atoms with Crippen molar-refractivity contribution < 1.29 is 18.3 Å². The van der Waals surface area contributed by atoms with Crippen LogP contribution in [-0.4, -0.2) is 15.6 Å². The van der Waals surface area contributed by atoms with Crippen LogP contribution in [0, 0.1) is 17.6 Å². The average Bonchev–Trinajstić information content (AvgIpc) is 3.22. The summed E-state index contributed by atoms with van der Waals surface area (Å²) in [6.45, 7) is 4.18. The first-order valence-electron chi connectivity index (χ1n) is 8.42. The van der Waals surface area contributed by atoms with Gasteiger partial charge < -0.3 is 9.30 Å². The molecule has 1 N–H and O–H groups in total. The van der Waals surface area contributed by atoms with Crippen LogP contribution in [0.15, 0.2) is 42.0 Å². The maximum Gasteiger partial charge on any atom is 0.420 e. The van der Waals surface area contributed by atoms with Gasteiger partial charge >= 0.3 is 6.09 Å². The zero-order valence-electron chi connectivity index (χ0n) is 14.9. The monoisotopic (exact) mass is 391 g/mol. The number of nitrogens with one attached hydrogen (secondary N) is 1. The molecule has 3 rings (SSSR count). The van der Waals surface area contributed by atoms with E-state index < -0.39 is 17.7 Å². The Morgan fingerprint density at radius 3 is 2.89 bits per heavy atom. The highest BCUT2D eigenvalue weighted by molar-refractivity contribution is 7.13. The number of hydrogen-bond acceptors (Lipinski definition) is 4. The van der Waals surface area contributed by atoms with Crippen molar-refractivity contribution in [2.75, 3.05) is 5.32 Å². The topological polar surface area (TPSA) is 56.1 Å². The van der Waals surface area contributed by atoms with Crippen LogP contribution in [0.4, 0.5) is 18.7 Å². The van der Waals surface area contributed by atoms with Crippen molar-refractivity contribution >= 4 is 22.6 Å². The lowest BCUT2D eigenvalue weighted by Gasteiger charge is -2.10. The molecule has 8 heteroatoms. The minimum Gasteiger partial charge on any atom is -0.393 e. The Balaban J connectivity index is 1.83. The fourth-order valence-electron chi connectivity index (χ4n) is 2.68. The quantitative estimate of drug-likeness (QED) is 0.637. The first kappa shape index (κ1) is 19.0. The molecular weight excluding hydrogens is 372 g/mol. The molecule has 0 radical (unpaired) electrons. The molecule has 0 bridgehead atoms. The van der Waals surface area contributed by atoms with E-state index in [1.807, 2.05) is 0 Å². The number of ether oxygens (including phenoxy) is 1. The van der Waals surface area contributed by atoms with E-state index in [2.05, 4.69) is 24.1 Å². The van der Waals surface area contributed by atoms with Crippen LogP contribution in [0.3, 0.4) is 0 Å². The van der Waals surface area contributed by atoms with E-state index in [1.165, 1.54) is 23.5 Å². The van der Waals surface area contributed by atoms with E-state index in [-0.39, 0.29) is 18.0 Å². The highest BCUT2D eigenvalue weighted by Crippen LogP contribution is 2.23. The second-order valence-electron chi connectivity index (χ2n) is 6.48. The highest BCUT2D eigenvalue weighted by Gasteiger charge is 2.16. The molecule has 2 heterocycles. The van der Waals surface area contributed by atoms with Gasteiger partial charge in [0.2, 0.25) is 5.88 Å². The summed E-state index contributed by atoms with van der Waals surface area (Å²) in [4.78, 5) is 16.1. The Morgan fingerprint density at radius 1 is 1.37 bits per heavy atom. The highest BCUT2D eigenvalue weighted by atomic mass is 32.1. The molecule has 0 unspecified atom stereocenters. The van der Waals surface area contributed by atoms with Crippen LogP contribution in [0.5, 0.6) is 5.88 Å². The lowest BCUT2D eigenvalue weighted by molar-refractivity contribution is 0.211. The Morgan fingerprint density at radius 2 is 2.19 bits per heavy atom. The lowest BCUT2D eigenvalue weighted by atomic mass is 10.1. The summed E-state index contributed by atoms with van der Waals surface area (Å²) in [5.74, 6) is -1.17. The van der Waals surface area contributed by atoms with Crippen LogP contribution in [0.1, 0.15) is 25.0 Å². The number of halogens is 2. The molecule has 0 aliphatic heterocycles. The van der Waals surface area contributed by atoms with Crippen molar-refractivity contribution in [2.24, 2.45) is 5.92 Å². The third kappa shape index (κ3) is 4.91. The van der Waals surface area contributed by atoms with Gasteiger partial charge in [-0.25, -0.2) is 18.6 Å². The second-order valence-corrected chi connectivity index (χ2v) is 7.37. The van der Waals surface area contributed by atoms with E-state index in [1.54, 1.807) is 28.4 Å². The normalized spacial score (nSPS) is 11.0. The molecule has 0 aliphatic rings. The van der Waals surface area contributed by atoms with Gasteiger partial charge in [-0.2, -0.15) is 0 Å². The number of hydrogen-bond donors (Lipinski definition) is 1. The Bertz CT molecular complexity index is 923. The van der Waals surface area contributed by atoms with Gasteiger partial charge in [-0.1, -0.05) is 26.0 Å². The summed E-state index contributed by atoms with van der Waals surface area (Å²) in [5.41, 5.74) is 1.12. The van der Waals surface area contributed by atoms with E-state index in [0.29, 0.717) is 11.0 Å². The molecule has 1 amide bonds. The first-order valence-corrected chi connectivity index (χ1v) is 9.30. The molecule has 2 aromatic heterocycles. The Labute approximate surface area is 159 Å². The maximum atomic E-state index is 14.0. The molecule has 27 heavy (non-hydrogen) atoms. The number of anilines is 1. The van der Waals surface area contributed by atoms with Crippen LogP contribution >= 0.6 is 11.3 Å². The fourth-order valence-corrected chi connectivity index (χ4v) is 3.20. The van der Waals surface area contributed by atoms with Crippen molar-refractivity contribution in [1.29, 1.82) is 0 Å². The molecule has 142 valence electrons. The van der Waals surface area contributed by atoms with Gasteiger partial charge in [0.05, 0.1) is 6.54 Å². The molecule has 0 spiro atoms. The number of nitrogens with zero attached hydrogens (tertiary/aromatic N) is 2. The van der Waals surface area contributed by atoms with E-state index in [0.717, 1.165) is 18.1 Å². The SMILES string of the molecule is CC(C)Cc1cc(OC(=O)Nc2nccs2)n(Cc2cccc(F)c2F)c1. The maximum absolute atomic E-state index is 14.0. The minimum atomic E-state index is -0.911. The third-order valence-corrected chi connectivity index (χ3v) is 4.46. The molecule has 5 nitrogen and oxygen atoms in total. The molecule has 3 aromatic rings. The molecule has 0 fully saturated rings. The van der Waals surface area contributed by atoms with Gasteiger partial charge in [0, 0.05) is 29.4 Å². The Hall–Kier alpha value is -2.74. The van der Waals surface area contributed by atoms with Gasteiger partial charge in [0.15, 0.2) is 16.8 Å². The van der Waals surface area contributed by atoms with Gasteiger partial charge in [0.1, 0.15) is 0 Å². The number of amides is 1. The largest absolute Gasteiger partial charge is 0.420 e. The van der Waals surface area contributed by atoms with Crippen LogP contribution in [0.2, 0.25) is 0 Å². The summed E-state index contributed by atoms with van der Waals surface area (Å²) >= 11 is 1.26. The molecule has 0 atom stereocenters. The van der Waals surface area contributed by atoms with E-state index >= 15 is 0 Å². The van der Waals surface area contributed by atoms with Crippen molar-refractivity contribution in [3.8, 4) is 5.88 Å².